The molecule has 3 aliphatic rings. The van der Waals surface area contributed by atoms with Crippen LogP contribution in [0.2, 0.25) is 5.02 Å². The van der Waals surface area contributed by atoms with Crippen molar-refractivity contribution in [1.29, 1.82) is 0 Å². The number of anilines is 1. The molecular weight excluding hydrogens is 556 g/mol. The molecule has 3 aliphatic heterocycles. The predicted octanol–water partition coefficient (Wildman–Crippen LogP) is 4.26. The summed E-state index contributed by atoms with van der Waals surface area (Å²) < 4.78 is 12.2. The van der Waals surface area contributed by atoms with Gasteiger partial charge in [-0.05, 0) is 50.3 Å². The van der Waals surface area contributed by atoms with Crippen LogP contribution in [0.3, 0.4) is 0 Å². The molecule has 0 aromatic heterocycles. The van der Waals surface area contributed by atoms with Crippen molar-refractivity contribution in [3.05, 3.63) is 90.0 Å². The van der Waals surface area contributed by atoms with Crippen LogP contribution >= 0.6 is 11.6 Å². The topological polar surface area (TPSA) is 96.4 Å². The van der Waals surface area contributed by atoms with E-state index in [0.29, 0.717) is 30.0 Å². The van der Waals surface area contributed by atoms with Gasteiger partial charge in [-0.25, -0.2) is 0 Å². The molecule has 2 aromatic carbocycles. The molecule has 2 unspecified atom stereocenters. The quantitative estimate of drug-likeness (QED) is 0.309. The number of aliphatic hydroxyl groups is 1. The van der Waals surface area contributed by atoms with Crippen molar-refractivity contribution in [2.24, 2.45) is 11.8 Å². The molecule has 2 amide bonds. The van der Waals surface area contributed by atoms with Gasteiger partial charge in [-0.2, -0.15) is 0 Å². The van der Waals surface area contributed by atoms with Gasteiger partial charge in [0.25, 0.3) is 5.91 Å². The number of aliphatic hydroxyl groups excluding tert-OH is 1. The minimum atomic E-state index is -1.29. The van der Waals surface area contributed by atoms with Crippen molar-refractivity contribution in [3.63, 3.8) is 0 Å². The maximum Gasteiger partial charge on any atom is 0.313 e. The van der Waals surface area contributed by atoms with Crippen molar-refractivity contribution in [1.82, 2.24) is 4.90 Å². The summed E-state index contributed by atoms with van der Waals surface area (Å²) in [4.78, 5) is 45.9. The highest BCUT2D eigenvalue weighted by molar-refractivity contribution is 6.34. The SMILES string of the molecule is C=CCOC(=O)[C@H]1[C@H]2C(=O)N([C@@H](CO)Cc3ccccc3)C(C(=O)N(CC=C)c3c(C)cccc3Cl)C23CC[C@]1(C)O3. The summed E-state index contributed by atoms with van der Waals surface area (Å²) in [5.74, 6) is -3.23. The predicted molar refractivity (Wildman–Crippen MR) is 160 cm³/mol. The number of halogens is 1. The molecular formula is C33H37ClN2O6. The first kappa shape index (κ1) is 30.0. The van der Waals surface area contributed by atoms with E-state index >= 15 is 0 Å². The molecule has 8 nitrogen and oxygen atoms in total. The van der Waals surface area contributed by atoms with Crippen molar-refractivity contribution in [2.75, 3.05) is 24.7 Å². The maximum atomic E-state index is 14.9. The Hall–Kier alpha value is -3.46. The number of carbonyl (C=O) groups is 3. The molecule has 5 rings (SSSR count). The largest absolute Gasteiger partial charge is 0.461 e. The summed E-state index contributed by atoms with van der Waals surface area (Å²) in [5, 5.41) is 11.1. The monoisotopic (exact) mass is 592 g/mol. The molecule has 2 aromatic rings. The van der Waals surface area contributed by atoms with Gasteiger partial charge in [-0.3, -0.25) is 14.4 Å². The Bertz CT molecular complexity index is 1380. The van der Waals surface area contributed by atoms with E-state index in [1.807, 2.05) is 50.2 Å². The number of amides is 2. The number of likely N-dealkylation sites (tertiary alicyclic amines) is 1. The molecule has 0 radical (unpaired) electrons. The summed E-state index contributed by atoms with van der Waals surface area (Å²) in [6, 6.07) is 13.0. The Morgan fingerprint density at radius 1 is 1.19 bits per heavy atom. The highest BCUT2D eigenvalue weighted by Gasteiger charge is 2.79. The van der Waals surface area contributed by atoms with Gasteiger partial charge in [0.1, 0.15) is 24.2 Å². The van der Waals surface area contributed by atoms with Gasteiger partial charge < -0.3 is 24.4 Å². The first-order valence-corrected chi connectivity index (χ1v) is 14.6. The van der Waals surface area contributed by atoms with Crippen LogP contribution in [0.1, 0.15) is 30.9 Å². The molecule has 42 heavy (non-hydrogen) atoms. The first-order valence-electron chi connectivity index (χ1n) is 14.3. The Labute approximate surface area is 251 Å². The van der Waals surface area contributed by atoms with Crippen LogP contribution in [0.5, 0.6) is 0 Å². The fourth-order valence-electron chi connectivity index (χ4n) is 7.29. The van der Waals surface area contributed by atoms with Gasteiger partial charge in [0, 0.05) is 6.54 Å². The van der Waals surface area contributed by atoms with Crippen LogP contribution in [0.4, 0.5) is 5.69 Å². The van der Waals surface area contributed by atoms with Gasteiger partial charge in [0.05, 0.1) is 34.9 Å². The highest BCUT2D eigenvalue weighted by atomic mass is 35.5. The standard InChI is InChI=1S/C33H37ClN2O6/c1-5-17-35(27-21(3)11-10-14-24(27)34)30(39)28-33-16-15-32(4,42-33)26(31(40)41-18-6-2)25(33)29(38)36(28)23(20-37)19-22-12-8-7-9-13-22/h5-14,23,25-26,28,37H,1-2,15-20H2,3-4H3/t23-,25+,26-,28?,32+,33?/m1/s1. The number of nitrogens with zero attached hydrogens (tertiary/aromatic N) is 2. The van der Waals surface area contributed by atoms with Crippen LogP contribution in [0.15, 0.2) is 73.8 Å². The van der Waals surface area contributed by atoms with E-state index < -0.39 is 52.9 Å². The van der Waals surface area contributed by atoms with Gasteiger partial charge in [-0.15, -0.1) is 6.58 Å². The van der Waals surface area contributed by atoms with Crippen LogP contribution in [-0.2, 0) is 30.3 Å². The van der Waals surface area contributed by atoms with Crippen LogP contribution in [0, 0.1) is 18.8 Å². The lowest BCUT2D eigenvalue weighted by Crippen LogP contribution is -2.59. The lowest BCUT2D eigenvalue weighted by molar-refractivity contribution is -0.159. The van der Waals surface area contributed by atoms with Crippen LogP contribution in [0.25, 0.3) is 0 Å². The highest BCUT2D eigenvalue weighted by Crippen LogP contribution is 2.64. The number of carbonyl (C=O) groups excluding carboxylic acids is 3. The third-order valence-electron chi connectivity index (χ3n) is 9.00. The Morgan fingerprint density at radius 3 is 2.57 bits per heavy atom. The fourth-order valence-corrected chi connectivity index (χ4v) is 7.62. The lowest BCUT2D eigenvalue weighted by atomic mass is 9.66. The van der Waals surface area contributed by atoms with E-state index in [9.17, 15) is 19.5 Å². The summed E-state index contributed by atoms with van der Waals surface area (Å²) in [6.07, 6.45) is 4.25. The first-order chi connectivity index (χ1) is 20.1. The molecule has 222 valence electrons. The number of benzene rings is 2. The molecule has 1 spiro atoms. The van der Waals surface area contributed by atoms with E-state index in [1.54, 1.807) is 18.2 Å². The van der Waals surface area contributed by atoms with Gasteiger partial charge in [-0.1, -0.05) is 72.8 Å². The number of esters is 1. The number of ether oxygens (including phenoxy) is 2. The minimum Gasteiger partial charge on any atom is -0.461 e. The van der Waals surface area contributed by atoms with E-state index in [0.717, 1.165) is 11.1 Å². The van der Waals surface area contributed by atoms with E-state index in [1.165, 1.54) is 15.9 Å². The summed E-state index contributed by atoms with van der Waals surface area (Å²) >= 11 is 6.65. The van der Waals surface area contributed by atoms with E-state index in [2.05, 4.69) is 13.2 Å². The van der Waals surface area contributed by atoms with Crippen molar-refractivity contribution in [3.8, 4) is 0 Å². The average Bonchev–Trinajstić information content (AvgIpc) is 3.55. The Balaban J connectivity index is 1.65. The molecule has 9 heteroatoms. The normalized spacial score (nSPS) is 28.3. The zero-order valence-corrected chi connectivity index (χ0v) is 24.8. The third-order valence-corrected chi connectivity index (χ3v) is 9.31. The molecule has 6 atom stereocenters. The summed E-state index contributed by atoms with van der Waals surface area (Å²) in [5.41, 5.74) is -0.0877. The zero-order valence-electron chi connectivity index (χ0n) is 24.0. The van der Waals surface area contributed by atoms with E-state index in [4.69, 9.17) is 21.1 Å². The molecule has 2 bridgehead atoms. The second-order valence-electron chi connectivity index (χ2n) is 11.6. The second-order valence-corrected chi connectivity index (χ2v) is 12.0. The van der Waals surface area contributed by atoms with Crippen molar-refractivity contribution < 1.29 is 29.0 Å². The zero-order chi connectivity index (χ0) is 30.2. The summed E-state index contributed by atoms with van der Waals surface area (Å²) in [6.45, 7) is 10.9. The number of rotatable bonds is 11. The molecule has 3 heterocycles. The molecule has 3 saturated heterocycles. The number of hydrogen-bond acceptors (Lipinski definition) is 6. The number of para-hydroxylation sites is 1. The molecule has 1 N–H and O–H groups in total. The lowest BCUT2D eigenvalue weighted by Gasteiger charge is -2.40. The number of hydrogen-bond donors (Lipinski definition) is 1. The van der Waals surface area contributed by atoms with Crippen molar-refractivity contribution in [2.45, 2.75) is 56.4 Å². The Kier molecular flexibility index (Phi) is 8.34. The summed E-state index contributed by atoms with van der Waals surface area (Å²) in [7, 11) is 0. The van der Waals surface area contributed by atoms with Gasteiger partial charge >= 0.3 is 5.97 Å². The Morgan fingerprint density at radius 2 is 1.93 bits per heavy atom. The third kappa shape index (κ3) is 4.75. The number of fused-ring (bicyclic) bond motifs is 1. The minimum absolute atomic E-state index is 0.00242. The molecule has 0 saturated carbocycles. The smallest absolute Gasteiger partial charge is 0.313 e. The second kappa shape index (κ2) is 11.7. The maximum absolute atomic E-state index is 14.9. The fraction of sp³-hybridized carbons (Fsp3) is 0.424. The van der Waals surface area contributed by atoms with Crippen LogP contribution in [-0.4, -0.2) is 70.8 Å². The average molecular weight is 593 g/mol. The molecule has 0 aliphatic carbocycles. The van der Waals surface area contributed by atoms with Crippen LogP contribution < -0.4 is 4.90 Å². The number of aryl methyl sites for hydroxylation is 1. The molecule has 3 fully saturated rings. The van der Waals surface area contributed by atoms with Gasteiger partial charge in [0.15, 0.2) is 0 Å². The van der Waals surface area contributed by atoms with E-state index in [-0.39, 0.29) is 19.8 Å². The van der Waals surface area contributed by atoms with Crippen molar-refractivity contribution >= 4 is 35.1 Å². The van der Waals surface area contributed by atoms with Gasteiger partial charge in [0.2, 0.25) is 5.91 Å².